The fourth-order valence-corrected chi connectivity index (χ4v) is 2.85. The fraction of sp³-hybridized carbons (Fsp3) is 0.0455. The number of carbonyl (C=O) groups excluding carboxylic acids is 1. The number of carboxylic acid groups (broad SMARTS) is 2. The summed E-state index contributed by atoms with van der Waals surface area (Å²) < 4.78 is 41.7. The highest BCUT2D eigenvalue weighted by molar-refractivity contribution is 6.06. The maximum absolute atomic E-state index is 14.2. The van der Waals surface area contributed by atoms with Gasteiger partial charge in [0.05, 0.1) is 17.9 Å². The van der Waals surface area contributed by atoms with Crippen molar-refractivity contribution in [2.45, 2.75) is 6.61 Å². The van der Waals surface area contributed by atoms with E-state index in [2.05, 4.69) is 9.98 Å². The van der Waals surface area contributed by atoms with Gasteiger partial charge in [-0.1, -0.05) is 6.07 Å². The van der Waals surface area contributed by atoms with Crippen molar-refractivity contribution < 1.29 is 42.9 Å². The SMILES string of the molecule is NC(N)=NC(=O)c1ccc2c(CO)cnc(-c3c(F)cc(F)cc3F)c2c1.O=C(O)/C=C/C(=O)O. The average Bonchev–Trinajstić information content (AvgIpc) is 2.76. The largest absolute Gasteiger partial charge is 0.478 e. The first-order valence-corrected chi connectivity index (χ1v) is 9.39. The summed E-state index contributed by atoms with van der Waals surface area (Å²) in [6.45, 7) is -0.390. The molecule has 0 radical (unpaired) electrons. The Morgan fingerprint density at radius 3 is 2.00 bits per heavy atom. The number of amides is 1. The maximum Gasteiger partial charge on any atom is 0.328 e. The third kappa shape index (κ3) is 6.85. The van der Waals surface area contributed by atoms with Gasteiger partial charge >= 0.3 is 11.9 Å². The molecule has 0 fully saturated rings. The number of hydrogen-bond donors (Lipinski definition) is 5. The van der Waals surface area contributed by atoms with Crippen molar-refractivity contribution in [1.29, 1.82) is 0 Å². The van der Waals surface area contributed by atoms with Crippen LogP contribution in [-0.4, -0.2) is 44.1 Å². The molecule has 0 aliphatic heterocycles. The van der Waals surface area contributed by atoms with E-state index in [1.165, 1.54) is 24.4 Å². The zero-order valence-corrected chi connectivity index (χ0v) is 17.6. The molecule has 0 aliphatic rings. The van der Waals surface area contributed by atoms with Gasteiger partial charge < -0.3 is 26.8 Å². The number of guanidine groups is 1. The highest BCUT2D eigenvalue weighted by atomic mass is 19.1. The van der Waals surface area contributed by atoms with Crippen molar-refractivity contribution in [3.8, 4) is 11.3 Å². The summed E-state index contributed by atoms with van der Waals surface area (Å²) in [5.41, 5.74) is 10.1. The number of hydrogen-bond acceptors (Lipinski definition) is 5. The standard InChI is InChI=1S/C18H13F3N4O2.C4H4O4/c19-10-4-13(20)15(14(21)5-10)16-12-3-8(17(27)25-18(22)23)1-2-11(12)9(7-26)6-24-16;5-3(6)1-2-4(7)8/h1-6,26H,7H2,(H4,22,23,25,27);1-2H,(H,5,6)(H,7,8)/b;2-1+. The lowest BCUT2D eigenvalue weighted by atomic mass is 9.98. The van der Waals surface area contributed by atoms with Gasteiger partial charge in [0, 0.05) is 47.0 Å². The molecule has 0 saturated carbocycles. The molecule has 0 aliphatic carbocycles. The summed E-state index contributed by atoms with van der Waals surface area (Å²) >= 11 is 0. The van der Waals surface area contributed by atoms with Gasteiger partial charge in [-0.15, -0.1) is 0 Å². The summed E-state index contributed by atoms with van der Waals surface area (Å²) in [5, 5.41) is 25.7. The minimum Gasteiger partial charge on any atom is -0.478 e. The zero-order valence-electron chi connectivity index (χ0n) is 17.6. The molecular weight excluding hydrogens is 473 g/mol. The van der Waals surface area contributed by atoms with E-state index >= 15 is 0 Å². The number of aliphatic hydroxyl groups excluding tert-OH is 1. The molecule has 10 nitrogen and oxygen atoms in total. The summed E-state index contributed by atoms with van der Waals surface area (Å²) in [5.74, 6) is -7.11. The molecule has 1 heterocycles. The molecule has 0 atom stereocenters. The lowest BCUT2D eigenvalue weighted by Gasteiger charge is -2.12. The molecule has 1 aromatic heterocycles. The Labute approximate surface area is 194 Å². The number of carbonyl (C=O) groups is 3. The number of fused-ring (bicyclic) bond motifs is 1. The van der Waals surface area contributed by atoms with Crippen LogP contribution in [-0.2, 0) is 16.2 Å². The minimum absolute atomic E-state index is 0.0389. The first-order valence-electron chi connectivity index (χ1n) is 9.39. The van der Waals surface area contributed by atoms with Crippen molar-refractivity contribution in [2.75, 3.05) is 0 Å². The van der Waals surface area contributed by atoms with E-state index in [-0.39, 0.29) is 23.3 Å². The predicted molar refractivity (Wildman–Crippen MR) is 118 cm³/mol. The topological polar surface area (TPSA) is 189 Å². The molecule has 0 saturated heterocycles. The first kappa shape index (κ1) is 26.5. The summed E-state index contributed by atoms with van der Waals surface area (Å²) in [6.07, 6.45) is 2.36. The summed E-state index contributed by atoms with van der Waals surface area (Å²) in [4.78, 5) is 38.6. The van der Waals surface area contributed by atoms with Gasteiger partial charge in [0.25, 0.3) is 5.91 Å². The molecule has 13 heteroatoms. The second-order valence-corrected chi connectivity index (χ2v) is 6.65. The van der Waals surface area contributed by atoms with Gasteiger partial charge in [0.2, 0.25) is 0 Å². The Kier molecular flexibility index (Phi) is 8.61. The van der Waals surface area contributed by atoms with Crippen molar-refractivity contribution >= 4 is 34.6 Å². The molecule has 1 amide bonds. The van der Waals surface area contributed by atoms with E-state index < -0.39 is 46.8 Å². The quantitative estimate of drug-likeness (QED) is 0.202. The summed E-state index contributed by atoms with van der Waals surface area (Å²) in [7, 11) is 0. The Morgan fingerprint density at radius 2 is 1.51 bits per heavy atom. The second-order valence-electron chi connectivity index (χ2n) is 6.65. The molecular formula is C22H17F3N4O6. The van der Waals surface area contributed by atoms with Crippen molar-refractivity contribution in [3.63, 3.8) is 0 Å². The van der Waals surface area contributed by atoms with Crippen LogP contribution in [0.1, 0.15) is 15.9 Å². The molecule has 0 unspecified atom stereocenters. The Bertz CT molecular complexity index is 1330. The number of pyridine rings is 1. The highest BCUT2D eigenvalue weighted by Crippen LogP contribution is 2.33. The number of benzene rings is 2. The smallest absolute Gasteiger partial charge is 0.328 e. The fourth-order valence-electron chi connectivity index (χ4n) is 2.85. The van der Waals surface area contributed by atoms with Gasteiger partial charge in [0.15, 0.2) is 5.96 Å². The van der Waals surface area contributed by atoms with E-state index in [0.29, 0.717) is 35.2 Å². The van der Waals surface area contributed by atoms with E-state index in [4.69, 9.17) is 21.7 Å². The monoisotopic (exact) mass is 490 g/mol. The normalized spacial score (nSPS) is 10.5. The number of aliphatic hydroxyl groups is 1. The molecule has 0 spiro atoms. The van der Waals surface area contributed by atoms with Crippen molar-refractivity contribution in [1.82, 2.24) is 4.98 Å². The van der Waals surface area contributed by atoms with E-state index in [9.17, 15) is 32.7 Å². The lowest BCUT2D eigenvalue weighted by molar-refractivity contribution is -0.134. The predicted octanol–water partition coefficient (Wildman–Crippen LogP) is 1.94. The average molecular weight is 490 g/mol. The highest BCUT2D eigenvalue weighted by Gasteiger charge is 2.19. The Hall–Kier alpha value is -4.78. The number of nitrogens with two attached hydrogens (primary N) is 2. The zero-order chi connectivity index (χ0) is 26.3. The van der Waals surface area contributed by atoms with Gasteiger partial charge in [-0.25, -0.2) is 22.8 Å². The maximum atomic E-state index is 14.2. The first-order chi connectivity index (χ1) is 16.4. The third-order valence-electron chi connectivity index (χ3n) is 4.23. The Balaban J connectivity index is 0.000000466. The molecule has 35 heavy (non-hydrogen) atoms. The van der Waals surface area contributed by atoms with Crippen LogP contribution in [0.25, 0.3) is 22.0 Å². The van der Waals surface area contributed by atoms with Crippen LogP contribution in [0.15, 0.2) is 53.7 Å². The number of aliphatic carboxylic acids is 2. The molecule has 0 bridgehead atoms. The van der Waals surface area contributed by atoms with Crippen LogP contribution < -0.4 is 11.5 Å². The van der Waals surface area contributed by atoms with Gasteiger partial charge in [0.1, 0.15) is 17.5 Å². The van der Waals surface area contributed by atoms with E-state index in [0.717, 1.165) is 0 Å². The molecule has 3 aromatic rings. The van der Waals surface area contributed by atoms with Crippen LogP contribution in [0.3, 0.4) is 0 Å². The van der Waals surface area contributed by atoms with Crippen LogP contribution in [0.5, 0.6) is 0 Å². The van der Waals surface area contributed by atoms with Gasteiger partial charge in [-0.3, -0.25) is 9.78 Å². The minimum atomic E-state index is -1.26. The van der Waals surface area contributed by atoms with Crippen LogP contribution in [0, 0.1) is 17.5 Å². The van der Waals surface area contributed by atoms with Crippen LogP contribution in [0.2, 0.25) is 0 Å². The van der Waals surface area contributed by atoms with Gasteiger partial charge in [-0.05, 0) is 17.5 Å². The number of carboxylic acids is 2. The van der Waals surface area contributed by atoms with Crippen LogP contribution in [0.4, 0.5) is 13.2 Å². The number of halogens is 3. The third-order valence-corrected chi connectivity index (χ3v) is 4.23. The number of aromatic nitrogens is 1. The lowest BCUT2D eigenvalue weighted by Crippen LogP contribution is -2.24. The van der Waals surface area contributed by atoms with Crippen LogP contribution >= 0.6 is 0 Å². The molecule has 2 aromatic carbocycles. The molecule has 3 rings (SSSR count). The van der Waals surface area contributed by atoms with E-state index in [1.54, 1.807) is 0 Å². The Morgan fingerprint density at radius 1 is 0.943 bits per heavy atom. The molecule has 182 valence electrons. The van der Waals surface area contributed by atoms with Crippen molar-refractivity contribution in [2.24, 2.45) is 16.5 Å². The van der Waals surface area contributed by atoms with Gasteiger partial charge in [-0.2, -0.15) is 4.99 Å². The number of rotatable bonds is 5. The second kappa shape index (κ2) is 11.4. The number of aliphatic imine (C=N–C) groups is 1. The number of nitrogens with zero attached hydrogens (tertiary/aromatic N) is 2. The van der Waals surface area contributed by atoms with E-state index in [1.807, 2.05) is 0 Å². The van der Waals surface area contributed by atoms with Crippen molar-refractivity contribution in [3.05, 3.63) is 77.3 Å². The summed E-state index contributed by atoms with van der Waals surface area (Å²) in [6, 6.07) is 5.23. The molecule has 7 N–H and O–H groups in total.